The van der Waals surface area contributed by atoms with Crippen LogP contribution in [0.2, 0.25) is 0 Å². The van der Waals surface area contributed by atoms with E-state index in [1.54, 1.807) is 0 Å². The minimum absolute atomic E-state index is 0.120. The summed E-state index contributed by atoms with van der Waals surface area (Å²) in [5.41, 5.74) is 0. The number of carboxylic acid groups (broad SMARTS) is 1. The molecule has 0 spiro atoms. The monoisotopic (exact) mass is 300 g/mol. The molecule has 0 saturated heterocycles. The van der Waals surface area contributed by atoms with Gasteiger partial charge in [0.05, 0.1) is 0 Å². The minimum atomic E-state index is -1.05. The smallest absolute Gasteiger partial charge is 0.346 e. The predicted octanol–water partition coefficient (Wildman–Crippen LogP) is 1.31. The summed E-state index contributed by atoms with van der Waals surface area (Å²) in [6.07, 6.45) is 0. The van der Waals surface area contributed by atoms with Crippen molar-refractivity contribution in [3.8, 4) is 5.75 Å². The maximum absolute atomic E-state index is 11.4. The zero-order valence-electron chi connectivity index (χ0n) is 11.1. The molecule has 0 aliphatic heterocycles. The van der Waals surface area contributed by atoms with Gasteiger partial charge in [-0.15, -0.1) is 11.3 Å². The molecule has 1 rings (SSSR count). The Balaban J connectivity index is 2.32. The molecular formula is C12H16N2O5S. The fourth-order valence-corrected chi connectivity index (χ4v) is 1.82. The third-order valence-corrected chi connectivity index (χ3v) is 2.98. The van der Waals surface area contributed by atoms with E-state index in [2.05, 4.69) is 10.6 Å². The van der Waals surface area contributed by atoms with Crippen LogP contribution in [0.15, 0.2) is 11.4 Å². The van der Waals surface area contributed by atoms with Gasteiger partial charge in [-0.25, -0.2) is 9.59 Å². The van der Waals surface area contributed by atoms with Gasteiger partial charge in [0.25, 0.3) is 5.91 Å². The van der Waals surface area contributed by atoms with Gasteiger partial charge in [0.1, 0.15) is 10.6 Å². The summed E-state index contributed by atoms with van der Waals surface area (Å²) in [6.45, 7) is 3.97. The van der Waals surface area contributed by atoms with E-state index < -0.39 is 17.9 Å². The highest BCUT2D eigenvalue weighted by atomic mass is 32.1. The molecule has 1 heterocycles. The minimum Gasteiger partial charge on any atom is -0.483 e. The van der Waals surface area contributed by atoms with Crippen LogP contribution < -0.4 is 15.4 Å². The van der Waals surface area contributed by atoms with Crippen molar-refractivity contribution in [2.24, 2.45) is 5.92 Å². The van der Waals surface area contributed by atoms with Crippen LogP contribution in [0.5, 0.6) is 5.75 Å². The van der Waals surface area contributed by atoms with Crippen LogP contribution in [-0.2, 0) is 4.79 Å². The molecule has 3 N–H and O–H groups in total. The molecule has 0 atom stereocenters. The summed E-state index contributed by atoms with van der Waals surface area (Å²) >= 11 is 0.999. The van der Waals surface area contributed by atoms with E-state index in [0.717, 1.165) is 11.3 Å². The van der Waals surface area contributed by atoms with Crippen LogP contribution >= 0.6 is 11.3 Å². The van der Waals surface area contributed by atoms with Crippen LogP contribution in [0.25, 0.3) is 0 Å². The van der Waals surface area contributed by atoms with Crippen LogP contribution in [0.1, 0.15) is 23.5 Å². The molecule has 0 aliphatic carbocycles. The summed E-state index contributed by atoms with van der Waals surface area (Å²) in [5.74, 6) is -1.09. The Morgan fingerprint density at radius 1 is 1.40 bits per heavy atom. The van der Waals surface area contributed by atoms with Crippen molar-refractivity contribution >= 4 is 29.2 Å². The zero-order valence-corrected chi connectivity index (χ0v) is 12.0. The van der Waals surface area contributed by atoms with Crippen LogP contribution in [0.3, 0.4) is 0 Å². The maximum Gasteiger partial charge on any atom is 0.346 e. The summed E-state index contributed by atoms with van der Waals surface area (Å²) < 4.78 is 5.08. The SMILES string of the molecule is CC(C)CNC(=O)NC(=O)COc1csc(C(=O)O)c1. The lowest BCUT2D eigenvalue weighted by molar-refractivity contribution is -0.122. The van der Waals surface area contributed by atoms with Crippen molar-refractivity contribution in [3.63, 3.8) is 0 Å². The van der Waals surface area contributed by atoms with Gasteiger partial charge in [0, 0.05) is 18.0 Å². The fraction of sp³-hybridized carbons (Fsp3) is 0.417. The molecule has 0 fully saturated rings. The van der Waals surface area contributed by atoms with Crippen LogP contribution in [0, 0.1) is 5.92 Å². The second-order valence-corrected chi connectivity index (χ2v) is 5.30. The molecule has 0 unspecified atom stereocenters. The van der Waals surface area contributed by atoms with Crippen molar-refractivity contribution in [1.29, 1.82) is 0 Å². The lowest BCUT2D eigenvalue weighted by atomic mass is 10.2. The lowest BCUT2D eigenvalue weighted by Crippen LogP contribution is -2.42. The first-order chi connectivity index (χ1) is 9.38. The molecule has 0 aliphatic rings. The van der Waals surface area contributed by atoms with E-state index >= 15 is 0 Å². The predicted molar refractivity (Wildman–Crippen MR) is 73.2 cm³/mol. The summed E-state index contributed by atoms with van der Waals surface area (Å²) in [6, 6.07) is 0.739. The molecule has 1 aromatic heterocycles. The van der Waals surface area contributed by atoms with Crippen molar-refractivity contribution in [1.82, 2.24) is 10.6 Å². The van der Waals surface area contributed by atoms with Crippen LogP contribution in [-0.4, -0.2) is 36.2 Å². The number of urea groups is 1. The second-order valence-electron chi connectivity index (χ2n) is 4.39. The van der Waals surface area contributed by atoms with Gasteiger partial charge in [-0.05, 0) is 5.92 Å². The van der Waals surface area contributed by atoms with Crippen molar-refractivity contribution < 1.29 is 24.2 Å². The van der Waals surface area contributed by atoms with Gasteiger partial charge in [-0.1, -0.05) is 13.8 Å². The number of amides is 3. The average Bonchev–Trinajstić information content (AvgIpc) is 2.83. The number of carbonyl (C=O) groups is 3. The highest BCUT2D eigenvalue weighted by Crippen LogP contribution is 2.21. The quantitative estimate of drug-likeness (QED) is 0.734. The molecule has 1 aromatic rings. The Hall–Kier alpha value is -2.09. The molecule has 20 heavy (non-hydrogen) atoms. The Bertz CT molecular complexity index is 498. The number of carbonyl (C=O) groups excluding carboxylic acids is 2. The molecule has 8 heteroatoms. The van der Waals surface area contributed by atoms with E-state index in [4.69, 9.17) is 9.84 Å². The highest BCUT2D eigenvalue weighted by Gasteiger charge is 2.11. The zero-order chi connectivity index (χ0) is 15.1. The Morgan fingerprint density at radius 2 is 2.10 bits per heavy atom. The summed E-state index contributed by atoms with van der Waals surface area (Å²) in [5, 5.41) is 14.8. The van der Waals surface area contributed by atoms with E-state index in [1.807, 2.05) is 13.8 Å². The molecular weight excluding hydrogens is 284 g/mol. The van der Waals surface area contributed by atoms with Crippen molar-refractivity contribution in [3.05, 3.63) is 16.3 Å². The Kier molecular flexibility index (Phi) is 5.98. The third-order valence-electron chi connectivity index (χ3n) is 2.08. The number of rotatable bonds is 6. The summed E-state index contributed by atoms with van der Waals surface area (Å²) in [4.78, 5) is 33.5. The number of aromatic carboxylic acids is 1. The fourth-order valence-electron chi connectivity index (χ4n) is 1.16. The molecule has 3 amide bonds. The van der Waals surface area contributed by atoms with E-state index in [9.17, 15) is 14.4 Å². The Morgan fingerprint density at radius 3 is 2.65 bits per heavy atom. The van der Waals surface area contributed by atoms with E-state index in [-0.39, 0.29) is 23.2 Å². The topological polar surface area (TPSA) is 105 Å². The van der Waals surface area contributed by atoms with Gasteiger partial charge < -0.3 is 15.2 Å². The van der Waals surface area contributed by atoms with E-state index in [1.165, 1.54) is 11.4 Å². The number of carboxylic acids is 1. The molecule has 0 saturated carbocycles. The first-order valence-corrected chi connectivity index (χ1v) is 6.78. The van der Waals surface area contributed by atoms with Gasteiger partial charge in [-0.3, -0.25) is 10.1 Å². The van der Waals surface area contributed by atoms with Gasteiger partial charge in [-0.2, -0.15) is 0 Å². The number of hydrogen-bond donors (Lipinski definition) is 3. The molecule has 110 valence electrons. The average molecular weight is 300 g/mol. The number of hydrogen-bond acceptors (Lipinski definition) is 5. The normalized spacial score (nSPS) is 10.2. The number of ether oxygens (including phenoxy) is 1. The molecule has 7 nitrogen and oxygen atoms in total. The largest absolute Gasteiger partial charge is 0.483 e. The molecule has 0 bridgehead atoms. The Labute approximate surface area is 119 Å². The van der Waals surface area contributed by atoms with Gasteiger partial charge in [0.2, 0.25) is 0 Å². The third kappa shape index (κ3) is 5.70. The summed E-state index contributed by atoms with van der Waals surface area (Å²) in [7, 11) is 0. The lowest BCUT2D eigenvalue weighted by Gasteiger charge is -2.08. The van der Waals surface area contributed by atoms with Gasteiger partial charge in [0.15, 0.2) is 6.61 Å². The van der Waals surface area contributed by atoms with Crippen molar-refractivity contribution in [2.75, 3.05) is 13.2 Å². The van der Waals surface area contributed by atoms with Gasteiger partial charge >= 0.3 is 12.0 Å². The highest BCUT2D eigenvalue weighted by molar-refractivity contribution is 7.12. The standard InChI is InChI=1S/C12H16N2O5S/c1-7(2)4-13-12(18)14-10(15)5-19-8-3-9(11(16)17)20-6-8/h3,6-7H,4-5H2,1-2H3,(H,16,17)(H2,13,14,15,18). The number of thiophene rings is 1. The molecule has 0 aromatic carbocycles. The number of imide groups is 1. The first-order valence-electron chi connectivity index (χ1n) is 5.90. The molecule has 0 radical (unpaired) electrons. The number of nitrogens with one attached hydrogen (secondary N) is 2. The van der Waals surface area contributed by atoms with Crippen LogP contribution in [0.4, 0.5) is 4.79 Å². The maximum atomic E-state index is 11.4. The van der Waals surface area contributed by atoms with Crippen molar-refractivity contribution in [2.45, 2.75) is 13.8 Å². The van der Waals surface area contributed by atoms with E-state index in [0.29, 0.717) is 6.54 Å². The first kappa shape index (κ1) is 16.0. The second kappa shape index (κ2) is 7.49.